The van der Waals surface area contributed by atoms with Crippen LogP contribution in [0.25, 0.3) is 0 Å². The van der Waals surface area contributed by atoms with Crippen LogP contribution in [-0.2, 0) is 16.6 Å². The molecule has 1 aromatic heterocycles. The first kappa shape index (κ1) is 14.0. The van der Waals surface area contributed by atoms with E-state index in [0.29, 0.717) is 6.54 Å². The molecule has 0 aliphatic heterocycles. The molecule has 0 saturated heterocycles. The quantitative estimate of drug-likeness (QED) is 0.891. The first-order chi connectivity index (χ1) is 9.03. The van der Waals surface area contributed by atoms with Crippen molar-refractivity contribution in [2.24, 2.45) is 0 Å². The normalized spacial score (nSPS) is 11.5. The van der Waals surface area contributed by atoms with Crippen molar-refractivity contribution in [1.29, 1.82) is 0 Å². The predicted octanol–water partition coefficient (Wildman–Crippen LogP) is 2.41. The maximum absolute atomic E-state index is 13.4. The molecule has 0 atom stereocenters. The van der Waals surface area contributed by atoms with Crippen LogP contribution in [0.1, 0.15) is 5.56 Å². The topological polar surface area (TPSA) is 58.2 Å². The van der Waals surface area contributed by atoms with Gasteiger partial charge >= 0.3 is 0 Å². The molecule has 0 aliphatic rings. The summed E-state index contributed by atoms with van der Waals surface area (Å²) in [5.41, 5.74) is 0.826. The van der Waals surface area contributed by atoms with Gasteiger partial charge < -0.3 is 5.32 Å². The molecule has 0 unspecified atom stereocenters. The minimum absolute atomic E-state index is 0.0499. The monoisotopic (exact) mass is 300 g/mol. The molecule has 19 heavy (non-hydrogen) atoms. The van der Waals surface area contributed by atoms with E-state index in [1.54, 1.807) is 24.6 Å². The van der Waals surface area contributed by atoms with E-state index in [1.807, 2.05) is 0 Å². The number of halogens is 1. The summed E-state index contributed by atoms with van der Waals surface area (Å²) in [6.45, 7) is 0.589. The SMILES string of the molecule is CNCc1csc(S(=O)(=O)Nc2ccccc2F)c1. The number of hydrogen-bond donors (Lipinski definition) is 2. The van der Waals surface area contributed by atoms with Crippen molar-refractivity contribution in [3.05, 3.63) is 47.1 Å². The van der Waals surface area contributed by atoms with E-state index in [2.05, 4.69) is 10.0 Å². The van der Waals surface area contributed by atoms with Crippen LogP contribution in [0, 0.1) is 5.82 Å². The van der Waals surface area contributed by atoms with E-state index in [9.17, 15) is 12.8 Å². The number of para-hydroxylation sites is 1. The fourth-order valence-electron chi connectivity index (χ4n) is 1.53. The summed E-state index contributed by atoms with van der Waals surface area (Å²) in [6.07, 6.45) is 0. The van der Waals surface area contributed by atoms with Crippen molar-refractivity contribution in [3.8, 4) is 0 Å². The molecule has 0 spiro atoms. The number of rotatable bonds is 5. The lowest BCUT2D eigenvalue weighted by atomic mass is 10.3. The van der Waals surface area contributed by atoms with Gasteiger partial charge in [-0.15, -0.1) is 11.3 Å². The molecule has 0 fully saturated rings. The summed E-state index contributed by atoms with van der Waals surface area (Å²) in [6, 6.07) is 7.24. The zero-order valence-corrected chi connectivity index (χ0v) is 11.8. The molecule has 2 rings (SSSR count). The maximum Gasteiger partial charge on any atom is 0.271 e. The Bertz CT molecular complexity index is 668. The van der Waals surface area contributed by atoms with Gasteiger partial charge in [-0.05, 0) is 36.2 Å². The average molecular weight is 300 g/mol. The van der Waals surface area contributed by atoms with Crippen LogP contribution in [0.2, 0.25) is 0 Å². The summed E-state index contributed by atoms with van der Waals surface area (Å²) in [4.78, 5) is 0. The molecule has 0 bridgehead atoms. The lowest BCUT2D eigenvalue weighted by Crippen LogP contribution is -2.12. The van der Waals surface area contributed by atoms with Gasteiger partial charge in [0.25, 0.3) is 10.0 Å². The van der Waals surface area contributed by atoms with Crippen LogP contribution in [0.3, 0.4) is 0 Å². The summed E-state index contributed by atoms with van der Waals surface area (Å²) in [5, 5.41) is 4.70. The Balaban J connectivity index is 2.25. The molecular weight excluding hydrogens is 287 g/mol. The van der Waals surface area contributed by atoms with Gasteiger partial charge in [-0.1, -0.05) is 12.1 Å². The zero-order valence-electron chi connectivity index (χ0n) is 10.2. The Morgan fingerprint density at radius 3 is 2.74 bits per heavy atom. The first-order valence-corrected chi connectivity index (χ1v) is 7.88. The third-order valence-corrected chi connectivity index (χ3v) is 5.25. The highest BCUT2D eigenvalue weighted by molar-refractivity contribution is 7.94. The molecule has 1 aromatic carbocycles. The van der Waals surface area contributed by atoms with Gasteiger partial charge in [0.15, 0.2) is 0 Å². The average Bonchev–Trinajstić information content (AvgIpc) is 2.82. The van der Waals surface area contributed by atoms with E-state index in [0.717, 1.165) is 16.9 Å². The van der Waals surface area contributed by atoms with Crippen molar-refractivity contribution < 1.29 is 12.8 Å². The Hall–Kier alpha value is -1.44. The third-order valence-electron chi connectivity index (χ3n) is 2.39. The maximum atomic E-state index is 13.4. The van der Waals surface area contributed by atoms with Crippen molar-refractivity contribution in [2.45, 2.75) is 10.8 Å². The molecule has 4 nitrogen and oxygen atoms in total. The molecule has 2 N–H and O–H groups in total. The molecular formula is C12H13FN2O2S2. The van der Waals surface area contributed by atoms with Crippen LogP contribution in [0.5, 0.6) is 0 Å². The minimum atomic E-state index is -3.73. The van der Waals surface area contributed by atoms with E-state index < -0.39 is 15.8 Å². The Labute approximate surface area is 115 Å². The second-order valence-electron chi connectivity index (χ2n) is 3.89. The van der Waals surface area contributed by atoms with Gasteiger partial charge in [-0.3, -0.25) is 4.72 Å². The Kier molecular flexibility index (Phi) is 4.18. The molecule has 0 radical (unpaired) electrons. The number of sulfonamides is 1. The van der Waals surface area contributed by atoms with E-state index in [-0.39, 0.29) is 9.90 Å². The second-order valence-corrected chi connectivity index (χ2v) is 6.71. The highest BCUT2D eigenvalue weighted by atomic mass is 32.2. The molecule has 0 aliphatic carbocycles. The fourth-order valence-corrected chi connectivity index (χ4v) is 3.81. The van der Waals surface area contributed by atoms with E-state index in [1.165, 1.54) is 18.2 Å². The fraction of sp³-hybridized carbons (Fsp3) is 0.167. The highest BCUT2D eigenvalue weighted by Crippen LogP contribution is 2.24. The first-order valence-electron chi connectivity index (χ1n) is 5.52. The molecule has 102 valence electrons. The van der Waals surface area contributed by atoms with Crippen LogP contribution < -0.4 is 10.0 Å². The van der Waals surface area contributed by atoms with Crippen molar-refractivity contribution >= 4 is 27.0 Å². The summed E-state index contributed by atoms with van der Waals surface area (Å²) in [7, 11) is -1.95. The van der Waals surface area contributed by atoms with Crippen molar-refractivity contribution in [1.82, 2.24) is 5.32 Å². The third kappa shape index (κ3) is 3.31. The second kappa shape index (κ2) is 5.68. The number of thiophene rings is 1. The summed E-state index contributed by atoms with van der Waals surface area (Å²) < 4.78 is 40.0. The highest BCUT2D eigenvalue weighted by Gasteiger charge is 2.18. The molecule has 1 heterocycles. The summed E-state index contributed by atoms with van der Waals surface area (Å²) >= 11 is 1.11. The molecule has 0 saturated carbocycles. The van der Waals surface area contributed by atoms with Crippen LogP contribution in [-0.4, -0.2) is 15.5 Å². The summed E-state index contributed by atoms with van der Waals surface area (Å²) in [5.74, 6) is -0.599. The number of anilines is 1. The number of nitrogens with one attached hydrogen (secondary N) is 2. The lowest BCUT2D eigenvalue weighted by Gasteiger charge is -2.06. The van der Waals surface area contributed by atoms with Crippen LogP contribution in [0.4, 0.5) is 10.1 Å². The lowest BCUT2D eigenvalue weighted by molar-refractivity contribution is 0.600. The van der Waals surface area contributed by atoms with E-state index >= 15 is 0 Å². The standard InChI is InChI=1S/C12H13FN2O2S2/c1-14-7-9-6-12(18-8-9)19(16,17)15-11-5-3-2-4-10(11)13/h2-6,8,14-15H,7H2,1H3. The number of benzene rings is 1. The van der Waals surface area contributed by atoms with E-state index in [4.69, 9.17) is 0 Å². The minimum Gasteiger partial charge on any atom is -0.316 e. The van der Waals surface area contributed by atoms with Crippen molar-refractivity contribution in [3.63, 3.8) is 0 Å². The van der Waals surface area contributed by atoms with Gasteiger partial charge in [0.2, 0.25) is 0 Å². The van der Waals surface area contributed by atoms with Crippen LogP contribution >= 0.6 is 11.3 Å². The van der Waals surface area contributed by atoms with Gasteiger partial charge in [-0.2, -0.15) is 0 Å². The van der Waals surface area contributed by atoms with Crippen LogP contribution in [0.15, 0.2) is 39.9 Å². The van der Waals surface area contributed by atoms with Gasteiger partial charge in [0.1, 0.15) is 10.0 Å². The molecule has 0 amide bonds. The Morgan fingerprint density at radius 1 is 1.32 bits per heavy atom. The number of hydrogen-bond acceptors (Lipinski definition) is 4. The zero-order chi connectivity index (χ0) is 13.9. The van der Waals surface area contributed by atoms with Gasteiger partial charge in [-0.25, -0.2) is 12.8 Å². The Morgan fingerprint density at radius 2 is 2.05 bits per heavy atom. The van der Waals surface area contributed by atoms with Crippen molar-refractivity contribution in [2.75, 3.05) is 11.8 Å². The molecule has 2 aromatic rings. The van der Waals surface area contributed by atoms with Gasteiger partial charge in [0.05, 0.1) is 5.69 Å². The molecule has 7 heteroatoms. The largest absolute Gasteiger partial charge is 0.316 e. The smallest absolute Gasteiger partial charge is 0.271 e. The predicted molar refractivity (Wildman–Crippen MR) is 74.3 cm³/mol. The van der Waals surface area contributed by atoms with Gasteiger partial charge in [0, 0.05) is 6.54 Å².